The molecule has 0 aromatic carbocycles. The molecule has 8 N–H and O–H groups in total. The molecule has 7 amide bonds. The molecular formula is C26H42Fm3N7O12-3. The van der Waals surface area contributed by atoms with E-state index >= 15 is 0 Å². The van der Waals surface area contributed by atoms with Crippen LogP contribution in [0.2, 0.25) is 0 Å². The van der Waals surface area contributed by atoms with Gasteiger partial charge < -0.3 is 70.9 Å². The minimum Gasteiger partial charge on any atom is -0.528 e. The quantitative estimate of drug-likeness (QED) is 0.0185. The fourth-order valence-corrected chi connectivity index (χ4v) is 3.32. The summed E-state index contributed by atoms with van der Waals surface area (Å²) in [6.07, 6.45) is 3.43. The number of hydrogen-bond donors (Lipinski definition) is 8. The molecule has 0 aliphatic carbocycles. The summed E-state index contributed by atoms with van der Waals surface area (Å²) in [5, 5.41) is 26.2. The molecule has 0 spiro atoms. The zero-order valence-electron chi connectivity index (χ0n) is 25.8. The van der Waals surface area contributed by atoms with E-state index in [1.54, 1.807) is 0 Å². The van der Waals surface area contributed by atoms with Crippen LogP contribution in [-0.2, 0) is 52.6 Å². The molecule has 0 bridgehead atoms. The average molecular weight is 1420 g/mol. The van der Waals surface area contributed by atoms with Crippen LogP contribution in [0, 0.1) is 0 Å². The molecule has 0 aromatic rings. The first-order chi connectivity index (χ1) is 21.7. The van der Waals surface area contributed by atoms with Crippen molar-refractivity contribution < 1.29 is 57.7 Å². The van der Waals surface area contributed by atoms with Gasteiger partial charge in [-0.1, -0.05) is 0 Å². The van der Waals surface area contributed by atoms with Gasteiger partial charge in [-0.25, -0.2) is 0 Å². The second-order valence-electron chi connectivity index (χ2n) is 9.27. The predicted octanol–water partition coefficient (Wildman–Crippen LogP) is -4.75. The Morgan fingerprint density at radius 1 is 0.500 bits per heavy atom. The summed E-state index contributed by atoms with van der Waals surface area (Å²) in [4.78, 5) is 90.2. The van der Waals surface area contributed by atoms with E-state index in [-0.39, 0.29) is 122 Å². The van der Waals surface area contributed by atoms with Crippen LogP contribution in [0.15, 0.2) is 0 Å². The van der Waals surface area contributed by atoms with Crippen molar-refractivity contribution in [3.05, 3.63) is 0 Å². The minimum atomic E-state index is -1.41. The molecule has 0 aromatic heterocycles. The molecule has 0 saturated heterocycles. The molecule has 0 unspecified atom stereocenters. The molecule has 48 heavy (non-hydrogen) atoms. The summed E-state index contributed by atoms with van der Waals surface area (Å²) in [6.45, 7) is 0.0933. The van der Waals surface area contributed by atoms with Gasteiger partial charge in [0, 0.05) is 65.0 Å². The number of amides is 7. The second-order valence-corrected chi connectivity index (χ2v) is 9.27. The molecule has 0 heterocycles. The van der Waals surface area contributed by atoms with Crippen LogP contribution >= 0.6 is 0 Å². The molecule has 0 rings (SSSR count). The Morgan fingerprint density at radius 2 is 0.833 bits per heavy atom. The summed E-state index contributed by atoms with van der Waals surface area (Å²) < 4.78 is 17.0. The number of ether oxygens (including phenoxy) is 3. The number of carboxylic acids is 1. The minimum absolute atomic E-state index is 0. The summed E-state index contributed by atoms with van der Waals surface area (Å²) >= 11 is 0. The van der Waals surface area contributed by atoms with Crippen molar-refractivity contribution in [2.45, 2.75) is 37.6 Å². The maximum Gasteiger partial charge on any atom is 0.303 e. The van der Waals surface area contributed by atoms with E-state index in [0.717, 1.165) is 0 Å². The van der Waals surface area contributed by atoms with Crippen molar-refractivity contribution in [3.63, 3.8) is 0 Å². The number of nitrogens with one attached hydrogen (secondary N) is 7. The first-order valence-corrected chi connectivity index (χ1v) is 14.0. The first kappa shape index (κ1) is 47.6. The van der Waals surface area contributed by atoms with Crippen LogP contribution in [0.5, 0.6) is 0 Å². The van der Waals surface area contributed by atoms with E-state index in [1.165, 1.54) is 19.2 Å². The Kier molecular flexibility index (Phi) is 30.8. The Labute approximate surface area is 260 Å². The van der Waals surface area contributed by atoms with Crippen molar-refractivity contribution >= 4 is 48.8 Å². The van der Waals surface area contributed by atoms with E-state index < -0.39 is 23.8 Å². The third-order valence-electron chi connectivity index (χ3n) is 5.46. The molecular weight excluding hydrogens is 1370 g/mol. The van der Waals surface area contributed by atoms with E-state index in [1.807, 2.05) is 0 Å². The van der Waals surface area contributed by atoms with Crippen molar-refractivity contribution in [1.82, 2.24) is 37.2 Å². The van der Waals surface area contributed by atoms with Gasteiger partial charge in [0.05, 0.1) is 46.1 Å². The standard InChI is InChI=1S/C26H42N7O12.3Fm/c34-18-27-6-9-30-21(37)3-12-43-15-26(33-24(40)1-2-25(41)42,16-44-13-4-22(38)31-10-7-28-19-35)17-45-14-5-23(39)32-11-8-29-20-36;;;/h1-17H2,(H,27,34)(H,28,35)(H,29,36)(H,30,37)(H,31,38)(H,32,39)(H,33,40)(H,41,42);;;/q-3;;;. The fourth-order valence-electron chi connectivity index (χ4n) is 3.32. The number of carboxylic acid groups (broad SMARTS) is 1. The Hall–Kier alpha value is -7.36. The van der Waals surface area contributed by atoms with Crippen molar-refractivity contribution in [2.24, 2.45) is 0 Å². The largest absolute Gasteiger partial charge is 0.528 e. The Balaban J connectivity index is -0.00000323. The van der Waals surface area contributed by atoms with Gasteiger partial charge in [-0.05, 0) is 0 Å². The zero-order valence-corrected chi connectivity index (χ0v) is 33.0. The smallest absolute Gasteiger partial charge is 0.303 e. The van der Waals surface area contributed by atoms with Crippen molar-refractivity contribution in [3.8, 4) is 0 Å². The molecule has 0 radical (unpaired) electrons. The first-order valence-electron chi connectivity index (χ1n) is 14.0. The number of rotatable bonds is 31. The molecule has 0 saturated carbocycles. The molecule has 22 heteroatoms. The van der Waals surface area contributed by atoms with Crippen LogP contribution in [0.3, 0.4) is 0 Å². The van der Waals surface area contributed by atoms with Crippen LogP contribution in [-0.4, -0.2) is 138 Å². The Morgan fingerprint density at radius 3 is 1.12 bits per heavy atom. The van der Waals surface area contributed by atoms with Crippen molar-refractivity contribution in [2.75, 3.05) is 78.9 Å². The van der Waals surface area contributed by atoms with Gasteiger partial charge in [-0.3, -0.25) is 24.0 Å². The van der Waals surface area contributed by atoms with E-state index in [2.05, 4.69) is 37.2 Å². The number of carbonyl (C=O) groups is 5. The monoisotopic (exact) mass is 1420 g/mol. The van der Waals surface area contributed by atoms with E-state index in [0.29, 0.717) is 0 Å². The van der Waals surface area contributed by atoms with Gasteiger partial charge in [0.2, 0.25) is 23.6 Å². The molecule has 0 atom stereocenters. The van der Waals surface area contributed by atoms with Gasteiger partial charge in [0.15, 0.2) is 0 Å². The summed E-state index contributed by atoms with van der Waals surface area (Å²) in [7, 11) is 0. The number of aliphatic carboxylic acids is 1. The molecule has 0 aliphatic rings. The maximum absolute atomic E-state index is 12.7. The van der Waals surface area contributed by atoms with Crippen LogP contribution in [0.4, 0.5) is 0 Å². The third-order valence-corrected chi connectivity index (χ3v) is 5.46. The fraction of sp³-hybridized carbons (Fsp3) is 0.692. The average Bonchev–Trinajstić information content (AvgIpc) is 3.01. The van der Waals surface area contributed by atoms with Gasteiger partial charge in [0.25, 0.3) is 0 Å². The topological polar surface area (TPSA) is 269 Å². The number of carbonyl (C=O) groups excluding carboxylic acids is 7. The summed E-state index contributed by atoms with van der Waals surface area (Å²) in [6, 6.07) is 0. The maximum atomic E-state index is 12.7. The predicted molar refractivity (Wildman–Crippen MR) is 154 cm³/mol. The van der Waals surface area contributed by atoms with Gasteiger partial charge in [-0.15, -0.1) is 0 Å². The Bertz CT molecular complexity index is 851. The van der Waals surface area contributed by atoms with Gasteiger partial charge in [-0.2, -0.15) is 19.2 Å². The van der Waals surface area contributed by atoms with Crippen molar-refractivity contribution in [1.29, 1.82) is 0 Å². The summed E-state index contributed by atoms with van der Waals surface area (Å²) in [5.41, 5.74) is -1.41. The third kappa shape index (κ3) is 27.5. The number of hydrogen-bond acceptors (Lipinski definition) is 11. The van der Waals surface area contributed by atoms with E-state index in [4.69, 9.17) is 19.3 Å². The van der Waals surface area contributed by atoms with Crippen LogP contribution < -0.4 is 37.2 Å². The van der Waals surface area contributed by atoms with Crippen LogP contribution in [0.1, 0.15) is 32.1 Å². The molecule has 0 aliphatic heterocycles. The molecule has 19 nitrogen and oxygen atoms in total. The zero-order chi connectivity index (χ0) is 33.6. The SMILES string of the molecule is O=[C-]NCCNC(=O)CCOCC(COCCC(=O)NCCN[C-]=O)(COCCC(=O)NCCN[C-]=O)NC(=O)CCC(=O)O.[Fm].[Fm].[Fm]. The summed E-state index contributed by atoms with van der Waals surface area (Å²) in [5.74, 6) is -2.95. The second kappa shape index (κ2) is 31.1. The van der Waals surface area contributed by atoms with E-state index in [9.17, 15) is 38.4 Å². The van der Waals surface area contributed by atoms with Crippen LogP contribution in [0.25, 0.3) is 0 Å². The normalized spacial score (nSPS) is 9.92. The molecule has 0 fully saturated rings. The van der Waals surface area contributed by atoms with Gasteiger partial charge in [0.1, 0.15) is 5.54 Å². The van der Waals surface area contributed by atoms with Gasteiger partial charge >= 0.3 is 5.97 Å². The molecule has 292 valence electrons.